The monoisotopic (exact) mass is 594 g/mol. The molecule has 1 saturated heterocycles. The molecular formula is C26H29B5ClN6O3P. The molecular weight excluding hydrogens is 565 g/mol. The van der Waals surface area contributed by atoms with Crippen molar-refractivity contribution in [2.24, 2.45) is 0 Å². The van der Waals surface area contributed by atoms with Crippen LogP contribution in [0, 0.1) is 0 Å². The third kappa shape index (κ3) is 7.77. The van der Waals surface area contributed by atoms with Gasteiger partial charge in [-0.25, -0.2) is 4.98 Å². The number of benzene rings is 2. The maximum absolute atomic E-state index is 10.3. The first-order valence-corrected chi connectivity index (χ1v) is 15.0. The zero-order valence-electron chi connectivity index (χ0n) is 23.5. The number of piperidine rings is 1. The van der Waals surface area contributed by atoms with Crippen LogP contribution >= 0.6 is 19.5 Å². The van der Waals surface area contributed by atoms with Crippen LogP contribution in [0.1, 0.15) is 12.8 Å². The number of aliphatic hydroxyl groups is 2. The molecule has 16 heteroatoms. The third-order valence-corrected chi connectivity index (χ3v) is 9.61. The second-order valence-electron chi connectivity index (χ2n) is 9.98. The highest BCUT2D eigenvalue weighted by Crippen LogP contribution is 2.48. The number of anilines is 5. The van der Waals surface area contributed by atoms with Crippen LogP contribution in [-0.2, 0) is 0 Å². The van der Waals surface area contributed by atoms with E-state index >= 15 is 0 Å². The molecule has 3 aromatic rings. The number of rotatable bonds is 11. The van der Waals surface area contributed by atoms with Gasteiger partial charge in [-0.05, 0) is 46.0 Å². The fraction of sp³-hybridized carbons (Fsp3) is 0.385. The maximum Gasteiger partial charge on any atom is 0.229 e. The first kappa shape index (κ1) is 32.6. The molecule has 0 aliphatic carbocycles. The molecule has 2 heterocycles. The third-order valence-electron chi connectivity index (χ3n) is 7.12. The second-order valence-corrected chi connectivity index (χ2v) is 12.9. The average Bonchev–Trinajstić information content (AvgIpc) is 2.94. The summed E-state index contributed by atoms with van der Waals surface area (Å²) in [5.41, 5.74) is 2.15. The van der Waals surface area contributed by atoms with E-state index in [-0.39, 0.29) is 16.8 Å². The number of hydrogen-bond acceptors (Lipinski definition) is 9. The number of aliphatic hydroxyl groups excluding tert-OH is 1. The number of hydrogen-bond donors (Lipinski definition) is 4. The van der Waals surface area contributed by atoms with Gasteiger partial charge in [0.2, 0.25) is 5.95 Å². The van der Waals surface area contributed by atoms with E-state index in [1.54, 1.807) is 31.4 Å². The normalized spacial score (nSPS) is 15.9. The molecule has 0 bridgehead atoms. The Labute approximate surface area is 260 Å². The minimum absolute atomic E-state index is 0.232. The van der Waals surface area contributed by atoms with Crippen molar-refractivity contribution in [3.05, 3.63) is 53.7 Å². The standard InChI is InChI=1S/C26H29B5ClN6O3P/c1-37(23(27)28)15-9-11-38(12-10-15)16-7-8-18(20(13-16)41-2)35-25-33-14-17(32)22(36-25)34-19-5-3-4-6-21(19)42(24(29)39)26(30,31)40/h3-8,13-15,23-24,39-40H,9-12H2,1-2H3,(H2,33,34,35,36). The van der Waals surface area contributed by atoms with Gasteiger partial charge in [0, 0.05) is 52.8 Å². The van der Waals surface area contributed by atoms with Crippen LogP contribution in [0.3, 0.4) is 0 Å². The summed E-state index contributed by atoms with van der Waals surface area (Å²) in [6.07, 6.45) is 3.34. The van der Waals surface area contributed by atoms with Crippen LogP contribution < -0.4 is 25.6 Å². The van der Waals surface area contributed by atoms with Gasteiger partial charge in [0.05, 0.1) is 34.7 Å². The molecule has 2 atom stereocenters. The Bertz CT molecular complexity index is 1360. The molecule has 4 N–H and O–H groups in total. The Morgan fingerprint density at radius 1 is 1.12 bits per heavy atom. The van der Waals surface area contributed by atoms with Crippen molar-refractivity contribution < 1.29 is 14.9 Å². The molecule has 0 spiro atoms. The van der Waals surface area contributed by atoms with Crippen LogP contribution in [0.5, 0.6) is 5.75 Å². The number of ether oxygens (including phenoxy) is 1. The lowest BCUT2D eigenvalue weighted by molar-refractivity contribution is 0.222. The Kier molecular flexibility index (Phi) is 10.8. The lowest BCUT2D eigenvalue weighted by Gasteiger charge is -2.40. The molecule has 1 aliphatic heterocycles. The van der Waals surface area contributed by atoms with Crippen LogP contribution in [0.25, 0.3) is 0 Å². The van der Waals surface area contributed by atoms with Gasteiger partial charge in [0.15, 0.2) is 5.82 Å². The number of nitrogens with zero attached hydrogens (tertiary/aromatic N) is 4. The quantitative estimate of drug-likeness (QED) is 0.195. The summed E-state index contributed by atoms with van der Waals surface area (Å²) in [5.74, 6) is -0.819. The molecule has 10 radical (unpaired) electrons. The molecule has 1 fully saturated rings. The maximum atomic E-state index is 10.3. The van der Waals surface area contributed by atoms with Gasteiger partial charge in [-0.15, -0.1) is 0 Å². The fourth-order valence-electron chi connectivity index (χ4n) is 4.85. The van der Waals surface area contributed by atoms with Gasteiger partial charge in [0.25, 0.3) is 0 Å². The number of aromatic nitrogens is 2. The van der Waals surface area contributed by atoms with E-state index in [2.05, 4.69) is 25.5 Å². The van der Waals surface area contributed by atoms with E-state index in [9.17, 15) is 10.2 Å². The minimum Gasteiger partial charge on any atom is -0.494 e. The van der Waals surface area contributed by atoms with Crippen molar-refractivity contribution >= 4 is 92.9 Å². The summed E-state index contributed by atoms with van der Waals surface area (Å²) in [5, 5.41) is 25.2. The lowest BCUT2D eigenvalue weighted by atomic mass is 9.76. The van der Waals surface area contributed by atoms with Gasteiger partial charge in [-0.2, -0.15) is 4.98 Å². The molecule has 0 amide bonds. The zero-order chi connectivity index (χ0) is 30.6. The van der Waals surface area contributed by atoms with Crippen molar-refractivity contribution in [1.82, 2.24) is 14.9 Å². The molecule has 42 heavy (non-hydrogen) atoms. The molecule has 4 rings (SSSR count). The molecule has 2 unspecified atom stereocenters. The predicted octanol–water partition coefficient (Wildman–Crippen LogP) is 1.64. The number of para-hydroxylation sites is 1. The van der Waals surface area contributed by atoms with Crippen molar-refractivity contribution in [3.63, 3.8) is 0 Å². The van der Waals surface area contributed by atoms with Crippen LogP contribution in [-0.4, -0.2) is 114 Å². The van der Waals surface area contributed by atoms with Crippen molar-refractivity contribution in [2.75, 3.05) is 42.8 Å². The zero-order valence-corrected chi connectivity index (χ0v) is 25.1. The van der Waals surface area contributed by atoms with Crippen molar-refractivity contribution in [1.29, 1.82) is 0 Å². The Hall–Kier alpha value is -2.36. The summed E-state index contributed by atoms with van der Waals surface area (Å²) in [4.78, 5) is 13.1. The van der Waals surface area contributed by atoms with E-state index in [0.717, 1.165) is 31.6 Å². The SMILES string of the molecule is [B]C([B])N(C)C1CCN(c2ccc(Nc3ncc(Cl)c(Nc4ccccc4P(C([B])O)C([B])([B])O)n3)c(OC)c2)CC1. The lowest BCUT2D eigenvalue weighted by Crippen LogP contribution is -2.47. The van der Waals surface area contributed by atoms with Crippen molar-refractivity contribution in [2.45, 2.75) is 35.6 Å². The highest BCUT2D eigenvalue weighted by molar-refractivity contribution is 7.72. The van der Waals surface area contributed by atoms with E-state index < -0.39 is 24.6 Å². The topological polar surface area (TPSA) is 106 Å². The molecule has 9 nitrogen and oxygen atoms in total. The van der Waals surface area contributed by atoms with E-state index in [1.807, 2.05) is 30.1 Å². The molecule has 208 valence electrons. The summed E-state index contributed by atoms with van der Waals surface area (Å²) in [6, 6.07) is 13.0. The van der Waals surface area contributed by atoms with Crippen LogP contribution in [0.4, 0.5) is 28.8 Å². The molecule has 1 aromatic heterocycles. The highest BCUT2D eigenvalue weighted by atomic mass is 35.5. The summed E-state index contributed by atoms with van der Waals surface area (Å²) in [7, 11) is 30.4. The Morgan fingerprint density at radius 3 is 2.43 bits per heavy atom. The van der Waals surface area contributed by atoms with Crippen LogP contribution in [0.15, 0.2) is 48.7 Å². The van der Waals surface area contributed by atoms with E-state index in [0.29, 0.717) is 28.5 Å². The summed E-state index contributed by atoms with van der Waals surface area (Å²) < 4.78 is 5.68. The number of methoxy groups -OCH3 is 1. The van der Waals surface area contributed by atoms with Crippen LogP contribution in [0.2, 0.25) is 5.02 Å². The summed E-state index contributed by atoms with van der Waals surface area (Å²) in [6.45, 7) is 1.73. The van der Waals surface area contributed by atoms with Gasteiger partial charge >= 0.3 is 0 Å². The highest BCUT2D eigenvalue weighted by Gasteiger charge is 2.32. The Balaban J connectivity index is 1.52. The summed E-state index contributed by atoms with van der Waals surface area (Å²) >= 11 is 6.42. The molecule has 2 aromatic carbocycles. The first-order valence-electron chi connectivity index (χ1n) is 13.2. The average molecular weight is 594 g/mol. The molecule has 0 saturated carbocycles. The first-order chi connectivity index (χ1) is 19.9. The number of nitrogens with one attached hydrogen (secondary N) is 2. The predicted molar refractivity (Wildman–Crippen MR) is 176 cm³/mol. The van der Waals surface area contributed by atoms with Crippen molar-refractivity contribution in [3.8, 4) is 5.75 Å². The second kappa shape index (κ2) is 14.0. The minimum atomic E-state index is -2.23. The number of halogens is 1. The Morgan fingerprint density at radius 2 is 1.81 bits per heavy atom. The fourth-order valence-corrected chi connectivity index (χ4v) is 6.72. The molecule has 1 aliphatic rings. The van der Waals surface area contributed by atoms with Gasteiger partial charge in [-0.3, -0.25) is 0 Å². The van der Waals surface area contributed by atoms with E-state index in [1.165, 1.54) is 6.20 Å². The smallest absolute Gasteiger partial charge is 0.229 e. The van der Waals surface area contributed by atoms with Gasteiger partial charge in [-0.1, -0.05) is 35.6 Å². The van der Waals surface area contributed by atoms with Gasteiger partial charge < -0.3 is 35.4 Å². The van der Waals surface area contributed by atoms with E-state index in [4.69, 9.17) is 55.6 Å². The largest absolute Gasteiger partial charge is 0.494 e. The van der Waals surface area contributed by atoms with Gasteiger partial charge in [0.1, 0.15) is 34.3 Å².